The van der Waals surface area contributed by atoms with Gasteiger partial charge in [-0.05, 0) is 115 Å². The maximum atomic E-state index is 2.50. The summed E-state index contributed by atoms with van der Waals surface area (Å²) in [6.07, 6.45) is 0. The summed E-state index contributed by atoms with van der Waals surface area (Å²) in [6.45, 7) is 9.47. The van der Waals surface area contributed by atoms with Gasteiger partial charge in [0.05, 0.1) is 5.69 Å². The molecule has 1 nitrogen and oxygen atoms in total. The molecule has 2 aliphatic rings. The molecule has 0 atom stereocenters. The molecule has 0 saturated carbocycles. The zero-order valence-electron chi connectivity index (χ0n) is 30.9. The fourth-order valence-corrected chi connectivity index (χ4v) is 10.8. The standard InChI is InChI=1S/C52H39NS/c1-51(2)44-16-9-6-14-41(44)50-45(51)17-11-18-47(50)53(37-26-27-39-38-12-5-8-15-43(38)52(3,4)46(39)31-37)36-24-22-32(23-25-36)33-20-21-34-29-42-40-13-7-10-19-48(40)54-49(42)30-35(34)28-33/h5-31H,1-4H3. The Kier molecular flexibility index (Phi) is 6.59. The highest BCUT2D eigenvalue weighted by Crippen LogP contribution is 2.55. The summed E-state index contributed by atoms with van der Waals surface area (Å²) < 4.78 is 2.68. The topological polar surface area (TPSA) is 3.24 Å². The molecule has 0 radical (unpaired) electrons. The molecule has 0 saturated heterocycles. The number of anilines is 3. The van der Waals surface area contributed by atoms with Crippen LogP contribution in [0.15, 0.2) is 164 Å². The van der Waals surface area contributed by atoms with Gasteiger partial charge in [-0.1, -0.05) is 137 Å². The molecular formula is C52H39NS. The summed E-state index contributed by atoms with van der Waals surface area (Å²) in [5.74, 6) is 0. The molecule has 0 spiro atoms. The number of thiophene rings is 1. The molecule has 8 aromatic carbocycles. The lowest BCUT2D eigenvalue weighted by Crippen LogP contribution is -2.17. The summed E-state index contributed by atoms with van der Waals surface area (Å²) in [4.78, 5) is 2.50. The normalized spacial score (nSPS) is 14.6. The van der Waals surface area contributed by atoms with Crippen LogP contribution in [0.4, 0.5) is 17.1 Å². The van der Waals surface area contributed by atoms with Crippen molar-refractivity contribution in [1.29, 1.82) is 0 Å². The second kappa shape index (κ2) is 11.3. The Morgan fingerprint density at radius 1 is 0.407 bits per heavy atom. The molecule has 0 amide bonds. The number of hydrogen-bond donors (Lipinski definition) is 0. The maximum absolute atomic E-state index is 2.50. The summed E-state index contributed by atoms with van der Waals surface area (Å²) in [7, 11) is 0. The van der Waals surface area contributed by atoms with Crippen molar-refractivity contribution in [2.75, 3.05) is 4.90 Å². The Balaban J connectivity index is 1.06. The highest BCUT2D eigenvalue weighted by Gasteiger charge is 2.39. The van der Waals surface area contributed by atoms with E-state index in [1.807, 2.05) is 11.3 Å². The van der Waals surface area contributed by atoms with Crippen molar-refractivity contribution in [2.45, 2.75) is 38.5 Å². The van der Waals surface area contributed by atoms with Gasteiger partial charge in [0, 0.05) is 47.9 Å². The smallest absolute Gasteiger partial charge is 0.0543 e. The predicted molar refractivity (Wildman–Crippen MR) is 232 cm³/mol. The van der Waals surface area contributed by atoms with E-state index >= 15 is 0 Å². The van der Waals surface area contributed by atoms with Crippen LogP contribution in [-0.2, 0) is 10.8 Å². The van der Waals surface area contributed by atoms with E-state index < -0.39 is 0 Å². The third kappa shape index (κ3) is 4.44. The number of fused-ring (bicyclic) bond motifs is 10. The Labute approximate surface area is 320 Å². The molecule has 1 aromatic heterocycles. The second-order valence-corrected chi connectivity index (χ2v) is 17.2. The molecule has 0 N–H and O–H groups in total. The van der Waals surface area contributed by atoms with Crippen LogP contribution in [0.1, 0.15) is 49.9 Å². The minimum atomic E-state index is -0.0951. The van der Waals surface area contributed by atoms with E-state index in [0.717, 1.165) is 5.69 Å². The van der Waals surface area contributed by atoms with Crippen molar-refractivity contribution >= 4 is 59.3 Å². The van der Waals surface area contributed by atoms with E-state index in [1.165, 1.54) is 98.0 Å². The first-order valence-electron chi connectivity index (χ1n) is 19.0. The van der Waals surface area contributed by atoms with Gasteiger partial charge < -0.3 is 4.90 Å². The van der Waals surface area contributed by atoms with Gasteiger partial charge in [-0.15, -0.1) is 11.3 Å². The lowest BCUT2D eigenvalue weighted by atomic mass is 9.82. The number of benzene rings is 8. The van der Waals surface area contributed by atoms with Crippen LogP contribution in [0.3, 0.4) is 0 Å². The highest BCUT2D eigenvalue weighted by atomic mass is 32.1. The first-order valence-corrected chi connectivity index (χ1v) is 19.8. The summed E-state index contributed by atoms with van der Waals surface area (Å²) >= 11 is 1.88. The molecular weight excluding hydrogens is 671 g/mol. The van der Waals surface area contributed by atoms with E-state index in [1.54, 1.807) is 0 Å². The minimum absolute atomic E-state index is 0.0868. The quantitative estimate of drug-likeness (QED) is 0.176. The Morgan fingerprint density at radius 2 is 1.06 bits per heavy atom. The zero-order chi connectivity index (χ0) is 36.3. The van der Waals surface area contributed by atoms with Crippen LogP contribution in [-0.4, -0.2) is 0 Å². The largest absolute Gasteiger partial charge is 0.310 e. The first kappa shape index (κ1) is 31.6. The highest BCUT2D eigenvalue weighted by molar-refractivity contribution is 7.25. The van der Waals surface area contributed by atoms with Crippen molar-refractivity contribution in [3.05, 3.63) is 186 Å². The van der Waals surface area contributed by atoms with E-state index in [0.29, 0.717) is 0 Å². The van der Waals surface area contributed by atoms with Crippen LogP contribution >= 0.6 is 11.3 Å². The van der Waals surface area contributed by atoms with Gasteiger partial charge in [-0.3, -0.25) is 0 Å². The lowest BCUT2D eigenvalue weighted by Gasteiger charge is -2.30. The predicted octanol–water partition coefficient (Wildman–Crippen LogP) is 15.0. The van der Waals surface area contributed by atoms with Crippen LogP contribution < -0.4 is 4.90 Å². The van der Waals surface area contributed by atoms with E-state index in [4.69, 9.17) is 0 Å². The van der Waals surface area contributed by atoms with Crippen LogP contribution in [0.25, 0.3) is 64.3 Å². The Bertz CT molecular complexity index is 3000. The van der Waals surface area contributed by atoms with Crippen LogP contribution in [0.2, 0.25) is 0 Å². The van der Waals surface area contributed by atoms with Gasteiger partial charge in [-0.2, -0.15) is 0 Å². The SMILES string of the molecule is CC1(C)c2ccccc2-c2ccc(N(c3ccc(-c4ccc5cc6c(cc5c4)sc4ccccc46)cc3)c3cccc4c3-c3ccccc3C4(C)C)cc21. The van der Waals surface area contributed by atoms with Gasteiger partial charge in [-0.25, -0.2) is 0 Å². The molecule has 0 aliphatic heterocycles. The van der Waals surface area contributed by atoms with E-state index in [9.17, 15) is 0 Å². The minimum Gasteiger partial charge on any atom is -0.310 e. The molecule has 1 heterocycles. The fourth-order valence-electron chi connectivity index (χ4n) is 9.63. The second-order valence-electron chi connectivity index (χ2n) is 16.2. The summed E-state index contributed by atoms with van der Waals surface area (Å²) in [6, 6.07) is 61.5. The number of hydrogen-bond acceptors (Lipinski definition) is 2. The molecule has 11 rings (SSSR count). The summed E-state index contributed by atoms with van der Waals surface area (Å²) in [5, 5.41) is 5.24. The van der Waals surface area contributed by atoms with Crippen LogP contribution in [0.5, 0.6) is 0 Å². The molecule has 0 unspecified atom stereocenters. The zero-order valence-corrected chi connectivity index (χ0v) is 31.8. The van der Waals surface area contributed by atoms with Crippen molar-refractivity contribution in [1.82, 2.24) is 0 Å². The summed E-state index contributed by atoms with van der Waals surface area (Å²) in [5.41, 5.74) is 16.7. The van der Waals surface area contributed by atoms with E-state index in [2.05, 4.69) is 196 Å². The molecule has 54 heavy (non-hydrogen) atoms. The van der Waals surface area contributed by atoms with Crippen molar-refractivity contribution in [3.63, 3.8) is 0 Å². The van der Waals surface area contributed by atoms with Crippen molar-refractivity contribution in [3.8, 4) is 33.4 Å². The third-order valence-electron chi connectivity index (χ3n) is 12.4. The van der Waals surface area contributed by atoms with Crippen molar-refractivity contribution in [2.24, 2.45) is 0 Å². The lowest BCUT2D eigenvalue weighted by molar-refractivity contribution is 0.660. The van der Waals surface area contributed by atoms with Crippen molar-refractivity contribution < 1.29 is 0 Å². The van der Waals surface area contributed by atoms with E-state index in [-0.39, 0.29) is 10.8 Å². The number of rotatable bonds is 4. The average molecular weight is 710 g/mol. The molecule has 2 aliphatic carbocycles. The van der Waals surface area contributed by atoms with Gasteiger partial charge in [0.1, 0.15) is 0 Å². The monoisotopic (exact) mass is 709 g/mol. The van der Waals surface area contributed by atoms with Gasteiger partial charge in [0.15, 0.2) is 0 Å². The Morgan fingerprint density at radius 3 is 1.89 bits per heavy atom. The van der Waals surface area contributed by atoms with Gasteiger partial charge >= 0.3 is 0 Å². The van der Waals surface area contributed by atoms with Gasteiger partial charge in [0.2, 0.25) is 0 Å². The Hall–Kier alpha value is -5.96. The molecule has 9 aromatic rings. The molecule has 2 heteroatoms. The van der Waals surface area contributed by atoms with Gasteiger partial charge in [0.25, 0.3) is 0 Å². The first-order chi connectivity index (χ1) is 26.3. The third-order valence-corrected chi connectivity index (χ3v) is 13.6. The molecule has 258 valence electrons. The number of nitrogens with zero attached hydrogens (tertiary/aromatic N) is 1. The van der Waals surface area contributed by atoms with Crippen LogP contribution in [0, 0.1) is 0 Å². The maximum Gasteiger partial charge on any atom is 0.0543 e. The molecule has 0 bridgehead atoms. The fraction of sp³-hybridized carbons (Fsp3) is 0.115. The molecule has 0 fully saturated rings. The average Bonchev–Trinajstić information content (AvgIpc) is 3.76.